The summed E-state index contributed by atoms with van der Waals surface area (Å²) in [6.45, 7) is -0.374. The van der Waals surface area contributed by atoms with Crippen LogP contribution in [0, 0.1) is 10.1 Å². The van der Waals surface area contributed by atoms with Gasteiger partial charge in [-0.2, -0.15) is 0 Å². The number of nitrogens with one attached hydrogen (secondary N) is 1. The molecule has 0 radical (unpaired) electrons. The normalized spacial score (nSPS) is 14.5. The first-order valence-corrected chi connectivity index (χ1v) is 9.66. The number of thiophene rings is 1. The van der Waals surface area contributed by atoms with Gasteiger partial charge in [-0.3, -0.25) is 19.7 Å². The van der Waals surface area contributed by atoms with Crippen molar-refractivity contribution in [2.75, 3.05) is 26.1 Å². The third kappa shape index (κ3) is 4.25. The lowest BCUT2D eigenvalue weighted by atomic mass is 9.99. The topological polar surface area (TPSA) is 134 Å². The molecule has 1 aliphatic carbocycles. The molecule has 0 saturated carbocycles. The highest BCUT2D eigenvalue weighted by molar-refractivity contribution is 7.17. The molecule has 1 N–H and O–H groups in total. The first kappa shape index (κ1) is 21.2. The third-order valence-corrected chi connectivity index (χ3v) is 5.76. The van der Waals surface area contributed by atoms with Crippen molar-refractivity contribution in [3.05, 3.63) is 50.4 Å². The summed E-state index contributed by atoms with van der Waals surface area (Å²) in [4.78, 5) is 47.7. The molecule has 158 valence electrons. The van der Waals surface area contributed by atoms with Gasteiger partial charge in [0.2, 0.25) is 0 Å². The first-order chi connectivity index (χ1) is 14.3. The van der Waals surface area contributed by atoms with E-state index >= 15 is 0 Å². The number of carbonyl (C=O) groups is 3. The van der Waals surface area contributed by atoms with Crippen LogP contribution in [0.4, 0.5) is 10.7 Å². The lowest BCUT2D eigenvalue weighted by Crippen LogP contribution is -2.22. The minimum absolute atomic E-state index is 0.0946. The molecule has 0 bridgehead atoms. The van der Waals surface area contributed by atoms with E-state index in [0.29, 0.717) is 18.4 Å². The van der Waals surface area contributed by atoms with Gasteiger partial charge in [-0.25, -0.2) is 4.79 Å². The Morgan fingerprint density at radius 2 is 1.90 bits per heavy atom. The standard InChI is InChI=1S/C19H18N2O8S/c1-27-18(23)12-7-8-13-15(12)16(19(24)28-2)17(30-13)20-14(22)9-29-11-5-3-10(4-6-11)21(25)26/h3-6,12H,7-9H2,1-2H3,(H,20,22)/t12-/m1/s1. The highest BCUT2D eigenvalue weighted by Gasteiger charge is 2.38. The molecular formula is C19H18N2O8S. The maximum absolute atomic E-state index is 12.4. The number of nitro benzene ring substituents is 1. The van der Waals surface area contributed by atoms with Crippen LogP contribution in [0.2, 0.25) is 0 Å². The van der Waals surface area contributed by atoms with Gasteiger partial charge in [-0.05, 0) is 30.5 Å². The highest BCUT2D eigenvalue weighted by Crippen LogP contribution is 2.45. The molecule has 0 unspecified atom stereocenters. The fourth-order valence-corrected chi connectivity index (χ4v) is 4.49. The van der Waals surface area contributed by atoms with E-state index in [2.05, 4.69) is 5.32 Å². The summed E-state index contributed by atoms with van der Waals surface area (Å²) in [6, 6.07) is 5.29. The van der Waals surface area contributed by atoms with E-state index in [0.717, 1.165) is 4.88 Å². The molecule has 0 spiro atoms. The Morgan fingerprint density at radius 1 is 1.20 bits per heavy atom. The molecule has 0 aliphatic heterocycles. The number of aryl methyl sites for hydroxylation is 1. The molecular weight excluding hydrogens is 416 g/mol. The smallest absolute Gasteiger partial charge is 0.341 e. The molecule has 1 aromatic heterocycles. The number of ether oxygens (including phenoxy) is 3. The van der Waals surface area contributed by atoms with Gasteiger partial charge in [-0.15, -0.1) is 11.3 Å². The van der Waals surface area contributed by atoms with Gasteiger partial charge in [0, 0.05) is 17.0 Å². The number of methoxy groups -OCH3 is 2. The summed E-state index contributed by atoms with van der Waals surface area (Å²) in [5.41, 5.74) is 0.585. The number of nitrogens with zero attached hydrogens (tertiary/aromatic N) is 1. The van der Waals surface area contributed by atoms with Crippen LogP contribution in [0.3, 0.4) is 0 Å². The number of nitro groups is 1. The summed E-state index contributed by atoms with van der Waals surface area (Å²) < 4.78 is 15.0. The predicted molar refractivity (Wildman–Crippen MR) is 106 cm³/mol. The zero-order chi connectivity index (χ0) is 21.8. The van der Waals surface area contributed by atoms with E-state index in [1.807, 2.05) is 0 Å². The number of fused-ring (bicyclic) bond motifs is 1. The van der Waals surface area contributed by atoms with Crippen LogP contribution in [0.5, 0.6) is 5.75 Å². The average Bonchev–Trinajstić information content (AvgIpc) is 3.30. The number of esters is 2. The molecule has 1 aromatic carbocycles. The minimum atomic E-state index is -0.658. The van der Waals surface area contributed by atoms with Crippen LogP contribution in [-0.4, -0.2) is 43.6 Å². The van der Waals surface area contributed by atoms with Crippen molar-refractivity contribution >= 4 is 39.9 Å². The second-order valence-corrected chi connectivity index (χ2v) is 7.44. The van der Waals surface area contributed by atoms with E-state index in [1.165, 1.54) is 49.8 Å². The SMILES string of the molecule is COC(=O)c1c(NC(=O)COc2ccc([N+](=O)[O-])cc2)sc2c1[C@H](C(=O)OC)CC2. The molecule has 0 saturated heterocycles. The van der Waals surface area contributed by atoms with Crippen molar-refractivity contribution in [3.63, 3.8) is 0 Å². The average molecular weight is 434 g/mol. The van der Waals surface area contributed by atoms with Gasteiger partial charge in [0.25, 0.3) is 11.6 Å². The molecule has 0 fully saturated rings. The molecule has 30 heavy (non-hydrogen) atoms. The summed E-state index contributed by atoms with van der Waals surface area (Å²) in [7, 11) is 2.50. The molecule has 1 amide bonds. The van der Waals surface area contributed by atoms with Gasteiger partial charge < -0.3 is 19.5 Å². The number of anilines is 1. The molecule has 1 aliphatic rings. The van der Waals surface area contributed by atoms with Crippen LogP contribution in [-0.2, 0) is 25.5 Å². The van der Waals surface area contributed by atoms with Crippen LogP contribution in [0.1, 0.15) is 33.1 Å². The number of non-ortho nitro benzene ring substituents is 1. The zero-order valence-corrected chi connectivity index (χ0v) is 16.9. The van der Waals surface area contributed by atoms with Crippen molar-refractivity contribution in [1.82, 2.24) is 0 Å². The quantitative estimate of drug-likeness (QED) is 0.399. The molecule has 3 rings (SSSR count). The minimum Gasteiger partial charge on any atom is -0.484 e. The van der Waals surface area contributed by atoms with Gasteiger partial charge in [0.05, 0.1) is 30.6 Å². The highest BCUT2D eigenvalue weighted by atomic mass is 32.1. The Morgan fingerprint density at radius 3 is 2.50 bits per heavy atom. The van der Waals surface area contributed by atoms with Crippen LogP contribution >= 0.6 is 11.3 Å². The summed E-state index contributed by atoms with van der Waals surface area (Å²) in [6.07, 6.45) is 1.11. The third-order valence-electron chi connectivity index (χ3n) is 4.58. The molecule has 1 atom stereocenters. The molecule has 1 heterocycles. The monoisotopic (exact) mass is 434 g/mol. The second kappa shape index (κ2) is 8.91. The molecule has 11 heteroatoms. The maximum Gasteiger partial charge on any atom is 0.341 e. The number of carbonyl (C=O) groups excluding carboxylic acids is 3. The Kier molecular flexibility index (Phi) is 6.31. The van der Waals surface area contributed by atoms with Crippen molar-refractivity contribution in [1.29, 1.82) is 0 Å². The van der Waals surface area contributed by atoms with Crippen molar-refractivity contribution in [3.8, 4) is 5.75 Å². The molecule has 10 nitrogen and oxygen atoms in total. The van der Waals surface area contributed by atoms with E-state index in [1.54, 1.807) is 0 Å². The number of hydrogen-bond donors (Lipinski definition) is 1. The predicted octanol–water partition coefficient (Wildman–Crippen LogP) is 2.66. The lowest BCUT2D eigenvalue weighted by molar-refractivity contribution is -0.384. The van der Waals surface area contributed by atoms with Gasteiger partial charge >= 0.3 is 11.9 Å². The summed E-state index contributed by atoms with van der Waals surface area (Å²) in [5.74, 6) is -1.94. The summed E-state index contributed by atoms with van der Waals surface area (Å²) >= 11 is 1.21. The maximum atomic E-state index is 12.4. The van der Waals surface area contributed by atoms with Crippen LogP contribution < -0.4 is 10.1 Å². The van der Waals surface area contributed by atoms with Gasteiger partial charge in [-0.1, -0.05) is 0 Å². The number of hydrogen-bond acceptors (Lipinski definition) is 9. The van der Waals surface area contributed by atoms with E-state index < -0.39 is 28.7 Å². The lowest BCUT2D eigenvalue weighted by Gasteiger charge is -2.12. The number of rotatable bonds is 7. The van der Waals surface area contributed by atoms with E-state index in [9.17, 15) is 24.5 Å². The summed E-state index contributed by atoms with van der Waals surface area (Å²) in [5, 5.41) is 13.6. The van der Waals surface area contributed by atoms with Crippen molar-refractivity contribution in [2.45, 2.75) is 18.8 Å². The van der Waals surface area contributed by atoms with Crippen molar-refractivity contribution in [2.24, 2.45) is 0 Å². The second-order valence-electron chi connectivity index (χ2n) is 6.34. The van der Waals surface area contributed by atoms with Crippen LogP contribution in [0.15, 0.2) is 24.3 Å². The fourth-order valence-electron chi connectivity index (χ4n) is 3.21. The largest absolute Gasteiger partial charge is 0.484 e. The zero-order valence-electron chi connectivity index (χ0n) is 16.1. The van der Waals surface area contributed by atoms with E-state index in [-0.39, 0.29) is 28.6 Å². The Balaban J connectivity index is 1.74. The Labute approximate surface area is 174 Å². The number of benzene rings is 1. The van der Waals surface area contributed by atoms with Crippen molar-refractivity contribution < 1.29 is 33.5 Å². The Bertz CT molecular complexity index is 999. The fraction of sp³-hybridized carbons (Fsp3) is 0.316. The number of amides is 1. The Hall–Kier alpha value is -3.47. The van der Waals surface area contributed by atoms with E-state index in [4.69, 9.17) is 14.2 Å². The first-order valence-electron chi connectivity index (χ1n) is 8.84. The molecule has 2 aromatic rings. The van der Waals surface area contributed by atoms with Gasteiger partial charge in [0.15, 0.2) is 6.61 Å². The van der Waals surface area contributed by atoms with Gasteiger partial charge in [0.1, 0.15) is 10.8 Å². The van der Waals surface area contributed by atoms with Crippen LogP contribution in [0.25, 0.3) is 0 Å².